The Labute approximate surface area is 456 Å². The molecule has 2 aliphatic carbocycles. The van der Waals surface area contributed by atoms with Gasteiger partial charge < -0.3 is 29.6 Å². The number of carbonyl (C=O) groups is 6. The molecular formula is C59H64N4O10S3. The second-order valence-electron chi connectivity index (χ2n) is 19.5. The van der Waals surface area contributed by atoms with E-state index in [2.05, 4.69) is 46.8 Å². The minimum atomic E-state index is -1.57. The minimum Gasteiger partial charge on any atom is -0.449 e. The van der Waals surface area contributed by atoms with E-state index in [1.165, 1.54) is 34.9 Å². The number of alkyl carbamates (subject to hydrolysis) is 1. The summed E-state index contributed by atoms with van der Waals surface area (Å²) in [7, 11) is 0. The number of hydrogen-bond acceptors (Lipinski definition) is 15. The molecule has 2 heterocycles. The molecule has 14 nitrogen and oxygen atoms in total. The normalized spacial score (nSPS) is 16.2. The van der Waals surface area contributed by atoms with Gasteiger partial charge in [0.1, 0.15) is 40.5 Å². The van der Waals surface area contributed by atoms with Crippen LogP contribution in [-0.4, -0.2) is 87.6 Å². The molecule has 4 aromatic carbocycles. The van der Waals surface area contributed by atoms with Crippen molar-refractivity contribution in [3.05, 3.63) is 148 Å². The second-order valence-corrected chi connectivity index (χ2v) is 22.6. The van der Waals surface area contributed by atoms with E-state index < -0.39 is 53.7 Å². The fourth-order valence-electron chi connectivity index (χ4n) is 9.52. The molecule has 2 N–H and O–H groups in total. The first-order valence-electron chi connectivity index (χ1n) is 26.0. The highest BCUT2D eigenvalue weighted by atomic mass is 32.2. The number of allylic oxidation sites excluding steroid dienone is 1. The number of thioether (sulfide) groups is 2. The number of hydrogen-bond donors (Lipinski definition) is 2. The van der Waals surface area contributed by atoms with Crippen LogP contribution in [-0.2, 0) is 44.7 Å². The maximum Gasteiger partial charge on any atom is 0.516 e. The van der Waals surface area contributed by atoms with Gasteiger partial charge >= 0.3 is 24.2 Å². The number of unbranched alkanes of at least 4 members (excludes halogenated alkanes) is 4. The molecular weight excluding hydrogens is 1020 g/mol. The van der Waals surface area contributed by atoms with E-state index in [1.54, 1.807) is 32.9 Å². The molecule has 3 aliphatic rings. The van der Waals surface area contributed by atoms with E-state index in [1.807, 2.05) is 78.2 Å². The summed E-state index contributed by atoms with van der Waals surface area (Å²) < 4.78 is 22.2. The third-order valence-electron chi connectivity index (χ3n) is 13.6. The average molecular weight is 1090 g/mol. The van der Waals surface area contributed by atoms with Crippen LogP contribution in [0.15, 0.2) is 120 Å². The zero-order valence-corrected chi connectivity index (χ0v) is 45.7. The molecule has 5 aromatic rings. The predicted molar refractivity (Wildman–Crippen MR) is 298 cm³/mol. The van der Waals surface area contributed by atoms with Crippen molar-refractivity contribution in [3.63, 3.8) is 0 Å². The lowest BCUT2D eigenvalue weighted by molar-refractivity contribution is -0.167. The van der Waals surface area contributed by atoms with Gasteiger partial charge in [-0.15, -0.1) is 23.1 Å². The van der Waals surface area contributed by atoms with Crippen molar-refractivity contribution in [1.29, 1.82) is 0 Å². The van der Waals surface area contributed by atoms with Crippen LogP contribution in [0.4, 0.5) is 9.59 Å². The van der Waals surface area contributed by atoms with Gasteiger partial charge in [0.2, 0.25) is 12.0 Å². The molecule has 2 amide bonds. The van der Waals surface area contributed by atoms with E-state index in [0.717, 1.165) is 76.6 Å². The Kier molecular flexibility index (Phi) is 19.4. The van der Waals surface area contributed by atoms with E-state index in [9.17, 15) is 28.8 Å². The second kappa shape index (κ2) is 26.5. The minimum absolute atomic E-state index is 0.0685. The van der Waals surface area contributed by atoms with Gasteiger partial charge in [0.15, 0.2) is 5.12 Å². The van der Waals surface area contributed by atoms with E-state index in [4.69, 9.17) is 23.9 Å². The standard InChI is InChI=1S/C59H64N4O10S3/c1-5-6-7-8-11-30-51(64)74-31-20-9-10-29-49(54(65)73-58(69)71-34-47-44-27-18-14-23-40(44)41-24-15-19-28-45(41)47)72-55(66)52(37(2)3)62-56(67)59(4)36-76-53(63-59)48-35-75-50(61-48)32-60-57(68)70-33-46-42-25-16-12-21-38(42)39-22-13-17-26-43(39)46/h9-10,12-19,21-28,35,37,46-47,49,52H,5-8,11,20,29-34,36H2,1-4H3,(H,60,68)(H,62,67)/b10-9+/t49-,52-,59-/m0/s1. The molecule has 0 bridgehead atoms. The third-order valence-corrected chi connectivity index (χ3v) is 16.7. The maximum absolute atomic E-state index is 14.1. The van der Waals surface area contributed by atoms with Crippen LogP contribution < -0.4 is 10.6 Å². The first-order valence-corrected chi connectivity index (χ1v) is 28.8. The van der Waals surface area contributed by atoms with Crippen molar-refractivity contribution < 1.29 is 47.7 Å². The van der Waals surface area contributed by atoms with Crippen LogP contribution >= 0.6 is 34.9 Å². The lowest BCUT2D eigenvalue weighted by Crippen LogP contribution is -2.53. The number of carbonyl (C=O) groups excluding carboxylic acids is 6. The third kappa shape index (κ3) is 13.9. The highest BCUT2D eigenvalue weighted by Gasteiger charge is 2.42. The van der Waals surface area contributed by atoms with E-state index >= 15 is 0 Å². The Morgan fingerprint density at radius 3 is 1.93 bits per heavy atom. The molecule has 0 unspecified atom stereocenters. The van der Waals surface area contributed by atoms with Crippen LogP contribution in [0.25, 0.3) is 22.3 Å². The molecule has 0 spiro atoms. The summed E-state index contributed by atoms with van der Waals surface area (Å²) in [5.74, 6) is -2.63. The van der Waals surface area contributed by atoms with Crippen LogP contribution in [0.1, 0.15) is 124 Å². The van der Waals surface area contributed by atoms with Gasteiger partial charge in [0.25, 0.3) is 0 Å². The van der Waals surface area contributed by atoms with Crippen molar-refractivity contribution in [2.24, 2.45) is 10.9 Å². The van der Waals surface area contributed by atoms with Crippen LogP contribution in [0, 0.1) is 5.92 Å². The Morgan fingerprint density at radius 2 is 1.34 bits per heavy atom. The number of rotatable bonds is 24. The molecule has 398 valence electrons. The van der Waals surface area contributed by atoms with Gasteiger partial charge in [-0.1, -0.05) is 167 Å². The first-order chi connectivity index (χ1) is 36.8. The molecule has 0 fully saturated rings. The Morgan fingerprint density at radius 1 is 0.763 bits per heavy atom. The van der Waals surface area contributed by atoms with Gasteiger partial charge in [0.05, 0.1) is 6.54 Å². The lowest BCUT2D eigenvalue weighted by Gasteiger charge is -2.27. The SMILES string of the molecule is CCCCCCCC(=O)SCC/C=C/C[C@H](OC(=O)[C@@H](NC(=O)[C@]1(C)CSC(c2csc(CNC(=O)OCC3c4ccccc4-c4ccccc43)n2)=N1)C(C)C)C(=O)OC(=O)OCC1c2ccccc2-c2ccccc21. The number of aromatic nitrogens is 1. The molecule has 0 saturated carbocycles. The monoisotopic (exact) mass is 1080 g/mol. The summed E-state index contributed by atoms with van der Waals surface area (Å²) in [5, 5.41) is 8.70. The first kappa shape index (κ1) is 55.7. The van der Waals surface area contributed by atoms with E-state index in [-0.39, 0.29) is 48.9 Å². The van der Waals surface area contributed by atoms with Crippen molar-refractivity contribution in [1.82, 2.24) is 15.6 Å². The smallest absolute Gasteiger partial charge is 0.449 e. The van der Waals surface area contributed by atoms with Crippen molar-refractivity contribution in [2.45, 2.75) is 115 Å². The molecule has 76 heavy (non-hydrogen) atoms. The molecule has 0 saturated heterocycles. The summed E-state index contributed by atoms with van der Waals surface area (Å²) in [6, 6.07) is 30.8. The van der Waals surface area contributed by atoms with Crippen molar-refractivity contribution in [3.8, 4) is 22.3 Å². The van der Waals surface area contributed by atoms with Gasteiger partial charge in [-0.05, 0) is 70.2 Å². The molecule has 17 heteroatoms. The Bertz CT molecular complexity index is 2880. The molecule has 1 aliphatic heterocycles. The largest absolute Gasteiger partial charge is 0.516 e. The number of benzene rings is 4. The fourth-order valence-corrected chi connectivity index (χ4v) is 12.2. The molecule has 0 radical (unpaired) electrons. The number of nitrogens with zero attached hydrogens (tertiary/aromatic N) is 2. The summed E-state index contributed by atoms with van der Waals surface area (Å²) in [6.07, 6.45) is 6.27. The molecule has 3 atom stereocenters. The van der Waals surface area contributed by atoms with Crippen molar-refractivity contribution >= 4 is 75.1 Å². The molecule has 8 rings (SSSR count). The highest BCUT2D eigenvalue weighted by molar-refractivity contribution is 8.14. The quantitative estimate of drug-likeness (QED) is 0.0195. The van der Waals surface area contributed by atoms with Crippen LogP contribution in [0.3, 0.4) is 0 Å². The predicted octanol–water partition coefficient (Wildman–Crippen LogP) is 11.9. The number of ether oxygens (including phenoxy) is 4. The highest BCUT2D eigenvalue weighted by Crippen LogP contribution is 2.46. The Balaban J connectivity index is 0.853. The topological polar surface area (TPSA) is 189 Å². The number of esters is 2. The lowest BCUT2D eigenvalue weighted by atomic mass is 9.98. The van der Waals surface area contributed by atoms with Gasteiger partial charge in [-0.2, -0.15) is 0 Å². The summed E-state index contributed by atoms with van der Waals surface area (Å²) in [6.45, 7) is 7.50. The van der Waals surface area contributed by atoms with Crippen LogP contribution in [0.2, 0.25) is 0 Å². The number of amides is 2. The Hall–Kier alpha value is -6.56. The van der Waals surface area contributed by atoms with Crippen molar-refractivity contribution in [2.75, 3.05) is 24.7 Å². The summed E-state index contributed by atoms with van der Waals surface area (Å²) in [5.41, 5.74) is 7.81. The maximum atomic E-state index is 14.1. The fraction of sp³-hybridized carbons (Fsp3) is 0.390. The number of nitrogens with one attached hydrogen (secondary N) is 2. The van der Waals surface area contributed by atoms with Gasteiger partial charge in [0, 0.05) is 41.6 Å². The zero-order valence-electron chi connectivity index (χ0n) is 43.3. The van der Waals surface area contributed by atoms with E-state index in [0.29, 0.717) is 34.3 Å². The molecule has 1 aromatic heterocycles. The zero-order chi connectivity index (χ0) is 53.6. The number of fused-ring (bicyclic) bond motifs is 6. The number of aliphatic imine (C=N–C) groups is 1. The van der Waals surface area contributed by atoms with Crippen LogP contribution in [0.5, 0.6) is 0 Å². The average Bonchev–Trinajstić information content (AvgIpc) is 4.23. The summed E-state index contributed by atoms with van der Waals surface area (Å²) in [4.78, 5) is 89.7. The number of thiazole rings is 1. The van der Waals surface area contributed by atoms with Gasteiger partial charge in [-0.25, -0.2) is 24.2 Å². The van der Waals surface area contributed by atoms with Gasteiger partial charge in [-0.3, -0.25) is 14.6 Å². The summed E-state index contributed by atoms with van der Waals surface area (Å²) >= 11 is 3.94.